The van der Waals surface area contributed by atoms with Crippen molar-refractivity contribution in [1.29, 1.82) is 0 Å². The van der Waals surface area contributed by atoms with E-state index in [0.29, 0.717) is 35.6 Å². The lowest BCUT2D eigenvalue weighted by molar-refractivity contribution is -0.116. The molecule has 0 spiro atoms. The molecule has 0 saturated heterocycles. The van der Waals surface area contributed by atoms with Crippen LogP contribution in [-0.4, -0.2) is 20.7 Å². The van der Waals surface area contributed by atoms with Crippen LogP contribution in [0.4, 0.5) is 5.69 Å². The van der Waals surface area contributed by atoms with Gasteiger partial charge in [0.2, 0.25) is 17.2 Å². The summed E-state index contributed by atoms with van der Waals surface area (Å²) in [6.45, 7) is 0.790. The predicted molar refractivity (Wildman–Crippen MR) is 114 cm³/mol. The monoisotopic (exact) mass is 400 g/mol. The molecule has 4 aromatic rings. The zero-order chi connectivity index (χ0) is 20.8. The van der Waals surface area contributed by atoms with Crippen LogP contribution in [0.1, 0.15) is 12.0 Å². The van der Waals surface area contributed by atoms with Crippen molar-refractivity contribution >= 4 is 22.5 Å². The third-order valence-corrected chi connectivity index (χ3v) is 4.56. The van der Waals surface area contributed by atoms with Crippen molar-refractivity contribution in [2.24, 2.45) is 0 Å². The summed E-state index contributed by atoms with van der Waals surface area (Å²) in [5.41, 5.74) is 2.22. The summed E-state index contributed by atoms with van der Waals surface area (Å²) in [5, 5.41) is 7.54. The van der Waals surface area contributed by atoms with Crippen LogP contribution in [0.3, 0.4) is 0 Å². The van der Waals surface area contributed by atoms with Gasteiger partial charge in [0.05, 0.1) is 30.1 Å². The van der Waals surface area contributed by atoms with Crippen LogP contribution in [0, 0.1) is 0 Å². The molecule has 7 heteroatoms. The molecule has 2 aromatic carbocycles. The molecule has 0 fully saturated rings. The van der Waals surface area contributed by atoms with Gasteiger partial charge >= 0.3 is 0 Å². The van der Waals surface area contributed by atoms with Crippen LogP contribution in [0.5, 0.6) is 5.88 Å². The second-order valence-electron chi connectivity index (χ2n) is 6.71. The number of nitrogens with zero attached hydrogens (tertiary/aromatic N) is 3. The molecule has 0 aliphatic heterocycles. The van der Waals surface area contributed by atoms with E-state index < -0.39 is 0 Å². The van der Waals surface area contributed by atoms with Crippen LogP contribution in [-0.2, 0) is 17.9 Å². The predicted octanol–water partition coefficient (Wildman–Crippen LogP) is 3.40. The Kier molecular flexibility index (Phi) is 5.80. The molecule has 2 aromatic heterocycles. The van der Waals surface area contributed by atoms with Gasteiger partial charge < -0.3 is 10.1 Å². The Labute approximate surface area is 173 Å². The quantitative estimate of drug-likeness (QED) is 0.514. The number of carbonyl (C=O) groups is 1. The first kappa shape index (κ1) is 19.3. The number of hydrogen-bond donors (Lipinski definition) is 1. The molecule has 4 rings (SSSR count). The molecular formula is C23H20N4O3. The number of amides is 1. The van der Waals surface area contributed by atoms with Crippen molar-refractivity contribution in [3.05, 3.63) is 94.9 Å². The van der Waals surface area contributed by atoms with E-state index in [2.05, 4.69) is 15.4 Å². The van der Waals surface area contributed by atoms with Crippen LogP contribution in [0.15, 0.2) is 83.9 Å². The molecular weight excluding hydrogens is 380 g/mol. The summed E-state index contributed by atoms with van der Waals surface area (Å²) < 4.78 is 7.31. The van der Waals surface area contributed by atoms with Gasteiger partial charge in [0.25, 0.3) is 0 Å². The average molecular weight is 400 g/mol. The summed E-state index contributed by atoms with van der Waals surface area (Å²) in [5.74, 6) is 0.320. The highest BCUT2D eigenvalue weighted by molar-refractivity contribution is 5.90. The van der Waals surface area contributed by atoms with Crippen molar-refractivity contribution < 1.29 is 9.53 Å². The molecule has 0 unspecified atom stereocenters. The van der Waals surface area contributed by atoms with E-state index in [9.17, 15) is 9.59 Å². The highest BCUT2D eigenvalue weighted by Gasteiger charge is 2.07. The van der Waals surface area contributed by atoms with E-state index in [-0.39, 0.29) is 17.8 Å². The summed E-state index contributed by atoms with van der Waals surface area (Å²) in [4.78, 5) is 28.4. The first-order chi connectivity index (χ1) is 14.7. The Hall–Kier alpha value is -4.00. The summed E-state index contributed by atoms with van der Waals surface area (Å²) in [6, 6.07) is 20.5. The number of aromatic nitrogens is 3. The van der Waals surface area contributed by atoms with Gasteiger partial charge in [-0.05, 0) is 23.8 Å². The van der Waals surface area contributed by atoms with Crippen LogP contribution < -0.4 is 15.5 Å². The highest BCUT2D eigenvalue weighted by Crippen LogP contribution is 2.14. The molecule has 150 valence electrons. The van der Waals surface area contributed by atoms with E-state index in [0.717, 1.165) is 5.56 Å². The number of pyridine rings is 1. The zero-order valence-corrected chi connectivity index (χ0v) is 16.2. The van der Waals surface area contributed by atoms with Crippen LogP contribution >= 0.6 is 0 Å². The van der Waals surface area contributed by atoms with Crippen molar-refractivity contribution in [2.45, 2.75) is 19.6 Å². The van der Waals surface area contributed by atoms with E-state index in [4.69, 9.17) is 4.74 Å². The maximum atomic E-state index is 12.3. The second-order valence-corrected chi connectivity index (χ2v) is 6.71. The van der Waals surface area contributed by atoms with E-state index >= 15 is 0 Å². The number of rotatable bonds is 7. The van der Waals surface area contributed by atoms with Gasteiger partial charge in [-0.25, -0.2) is 4.98 Å². The third-order valence-electron chi connectivity index (χ3n) is 4.56. The number of anilines is 1. The lowest BCUT2D eigenvalue weighted by Gasteiger charge is -2.10. The van der Waals surface area contributed by atoms with Crippen molar-refractivity contribution in [1.82, 2.24) is 14.8 Å². The second kappa shape index (κ2) is 9.00. The van der Waals surface area contributed by atoms with Gasteiger partial charge in [-0.3, -0.25) is 14.3 Å². The maximum absolute atomic E-state index is 12.3. The number of aryl methyl sites for hydroxylation is 1. The topological polar surface area (TPSA) is 86.1 Å². The molecule has 7 nitrogen and oxygen atoms in total. The minimum Gasteiger partial charge on any atom is -0.473 e. The average Bonchev–Trinajstić information content (AvgIpc) is 2.79. The number of benzene rings is 2. The minimum atomic E-state index is -0.167. The summed E-state index contributed by atoms with van der Waals surface area (Å²) in [7, 11) is 0. The maximum Gasteiger partial charge on any atom is 0.226 e. The first-order valence-corrected chi connectivity index (χ1v) is 9.56. The Morgan fingerprint density at radius 3 is 2.57 bits per heavy atom. The van der Waals surface area contributed by atoms with Crippen LogP contribution in [0.25, 0.3) is 10.9 Å². The van der Waals surface area contributed by atoms with Gasteiger partial charge in [0, 0.05) is 17.9 Å². The van der Waals surface area contributed by atoms with Gasteiger partial charge in [0.15, 0.2) is 0 Å². The zero-order valence-electron chi connectivity index (χ0n) is 16.2. The molecule has 0 bridgehead atoms. The Morgan fingerprint density at radius 2 is 1.77 bits per heavy atom. The Bertz CT molecular complexity index is 1200. The molecule has 2 heterocycles. The molecule has 0 atom stereocenters. The fourth-order valence-electron chi connectivity index (χ4n) is 3.04. The fourth-order valence-corrected chi connectivity index (χ4v) is 3.04. The SMILES string of the molecule is O=C(CCn1ncc(=O)c2ccccc21)Nc1ccc(OCc2ccccc2)nc1. The summed E-state index contributed by atoms with van der Waals surface area (Å²) >= 11 is 0. The van der Waals surface area contributed by atoms with Gasteiger partial charge in [-0.1, -0.05) is 42.5 Å². The van der Waals surface area contributed by atoms with Gasteiger partial charge in [-0.15, -0.1) is 0 Å². The highest BCUT2D eigenvalue weighted by atomic mass is 16.5. The fraction of sp³-hybridized carbons (Fsp3) is 0.130. The third kappa shape index (κ3) is 4.70. The number of fused-ring (bicyclic) bond motifs is 1. The largest absolute Gasteiger partial charge is 0.473 e. The van der Waals surface area contributed by atoms with Crippen molar-refractivity contribution in [3.63, 3.8) is 0 Å². The number of carbonyl (C=O) groups excluding carboxylic acids is 1. The smallest absolute Gasteiger partial charge is 0.226 e. The molecule has 30 heavy (non-hydrogen) atoms. The molecule has 0 saturated carbocycles. The molecule has 1 N–H and O–H groups in total. The minimum absolute atomic E-state index is 0.132. The summed E-state index contributed by atoms with van der Waals surface area (Å²) in [6.07, 6.45) is 3.05. The lowest BCUT2D eigenvalue weighted by Crippen LogP contribution is -2.18. The van der Waals surface area contributed by atoms with E-state index in [1.165, 1.54) is 6.20 Å². The first-order valence-electron chi connectivity index (χ1n) is 9.56. The Balaban J connectivity index is 1.32. The standard InChI is InChI=1S/C23H20N4O3/c28-21-15-25-27(20-9-5-4-8-19(20)21)13-12-22(29)26-18-10-11-23(24-14-18)30-16-17-6-2-1-3-7-17/h1-11,14-15H,12-13,16H2,(H,26,29). The van der Waals surface area contributed by atoms with Gasteiger partial charge in [-0.2, -0.15) is 5.10 Å². The molecule has 0 aliphatic carbocycles. The van der Waals surface area contributed by atoms with Crippen LogP contribution in [0.2, 0.25) is 0 Å². The number of nitrogens with one attached hydrogen (secondary N) is 1. The molecule has 1 amide bonds. The Morgan fingerprint density at radius 1 is 0.967 bits per heavy atom. The number of para-hydroxylation sites is 1. The van der Waals surface area contributed by atoms with Crippen molar-refractivity contribution in [3.8, 4) is 5.88 Å². The number of ether oxygens (including phenoxy) is 1. The normalized spacial score (nSPS) is 10.7. The van der Waals surface area contributed by atoms with Crippen molar-refractivity contribution in [2.75, 3.05) is 5.32 Å². The van der Waals surface area contributed by atoms with E-state index in [1.54, 1.807) is 35.1 Å². The van der Waals surface area contributed by atoms with E-state index in [1.807, 2.05) is 42.5 Å². The molecule has 0 aliphatic rings. The number of hydrogen-bond acceptors (Lipinski definition) is 5. The van der Waals surface area contributed by atoms with Gasteiger partial charge in [0.1, 0.15) is 6.61 Å². The lowest BCUT2D eigenvalue weighted by atomic mass is 10.2. The molecule has 0 radical (unpaired) electrons.